The van der Waals surface area contributed by atoms with Gasteiger partial charge in [-0.25, -0.2) is 22.9 Å². The molecule has 4 rings (SSSR count). The summed E-state index contributed by atoms with van der Waals surface area (Å²) in [7, 11) is -4.22. The SMILES string of the molecule is CC(C)(C)OC(=O)NCCNc1nc(NC[C@H]2CC[C@H](CNS(=O)(=O)c3cc(C(F)(F)F)ccc3Cl)CC2)nc2ccccc12. The number of benzene rings is 2. The van der Waals surface area contributed by atoms with Crippen molar-refractivity contribution in [3.8, 4) is 0 Å². The van der Waals surface area contributed by atoms with E-state index < -0.39 is 38.4 Å². The molecule has 0 bridgehead atoms. The average Bonchev–Trinajstić information content (AvgIpc) is 2.96. The lowest BCUT2D eigenvalue weighted by Gasteiger charge is -2.28. The van der Waals surface area contributed by atoms with Crippen molar-refractivity contribution in [3.63, 3.8) is 0 Å². The minimum atomic E-state index is -4.68. The van der Waals surface area contributed by atoms with Crippen LogP contribution in [0.5, 0.6) is 0 Å². The number of ether oxygens (including phenoxy) is 1. The van der Waals surface area contributed by atoms with Gasteiger partial charge in [-0.05, 0) is 88.6 Å². The number of hydrogen-bond donors (Lipinski definition) is 4. The minimum absolute atomic E-state index is 0.0441. The molecular formula is C30H38ClF3N6O4S. The zero-order valence-electron chi connectivity index (χ0n) is 25.3. The molecule has 1 aliphatic carbocycles. The first-order valence-electron chi connectivity index (χ1n) is 14.7. The van der Waals surface area contributed by atoms with Crippen LogP contribution in [-0.2, 0) is 20.9 Å². The van der Waals surface area contributed by atoms with Gasteiger partial charge in [0.2, 0.25) is 16.0 Å². The van der Waals surface area contributed by atoms with E-state index in [2.05, 4.69) is 30.6 Å². The molecule has 0 spiro atoms. The highest BCUT2D eigenvalue weighted by Gasteiger charge is 2.33. The predicted octanol–water partition coefficient (Wildman–Crippen LogP) is 6.44. The number of rotatable bonds is 11. The number of nitrogens with one attached hydrogen (secondary N) is 4. The standard InChI is InChI=1S/C30H38ClF3N6O4S/c1-29(2,3)44-28(41)36-15-14-35-26-22-6-4-5-7-24(22)39-27(40-26)37-17-19-8-10-20(11-9-19)18-38-45(42,43)25-16-21(30(32,33)34)12-13-23(25)31/h4-7,12-13,16,19-20,38H,8-11,14-15,17-18H2,1-3H3,(H,36,41)(H2,35,37,39,40)/t19-,20-. The summed E-state index contributed by atoms with van der Waals surface area (Å²) in [4.78, 5) is 20.6. The Hall–Kier alpha value is -3.36. The molecule has 0 saturated heterocycles. The van der Waals surface area contributed by atoms with Gasteiger partial charge in [0.25, 0.3) is 0 Å². The maximum Gasteiger partial charge on any atom is 0.416 e. The van der Waals surface area contributed by atoms with Crippen LogP contribution in [0.3, 0.4) is 0 Å². The number of aromatic nitrogens is 2. The molecular weight excluding hydrogens is 633 g/mol. The van der Waals surface area contributed by atoms with E-state index in [4.69, 9.17) is 16.3 Å². The van der Waals surface area contributed by atoms with E-state index >= 15 is 0 Å². The number of alkyl halides is 3. The predicted molar refractivity (Wildman–Crippen MR) is 168 cm³/mol. The zero-order chi connectivity index (χ0) is 32.8. The van der Waals surface area contributed by atoms with E-state index in [1.165, 1.54) is 0 Å². The molecule has 1 fully saturated rings. The van der Waals surface area contributed by atoms with Crippen LogP contribution in [0.2, 0.25) is 5.02 Å². The number of alkyl carbamates (subject to hydrolysis) is 1. The molecule has 1 heterocycles. The molecule has 3 aromatic rings. The topological polar surface area (TPSA) is 134 Å². The van der Waals surface area contributed by atoms with E-state index in [-0.39, 0.29) is 17.5 Å². The highest BCUT2D eigenvalue weighted by atomic mass is 35.5. The number of para-hydroxylation sites is 1. The molecule has 1 amide bonds. The summed E-state index contributed by atoms with van der Waals surface area (Å²) in [5.74, 6) is 1.44. The number of sulfonamides is 1. The second-order valence-corrected chi connectivity index (χ2v) is 14.2. The van der Waals surface area contributed by atoms with Crippen molar-refractivity contribution < 1.29 is 31.1 Å². The first kappa shape index (κ1) is 34.5. The summed E-state index contributed by atoms with van der Waals surface area (Å²) in [6.07, 6.45) is -2.01. The first-order valence-corrected chi connectivity index (χ1v) is 16.5. The van der Waals surface area contributed by atoms with Gasteiger partial charge in [0.05, 0.1) is 16.1 Å². The molecule has 45 heavy (non-hydrogen) atoms. The van der Waals surface area contributed by atoms with Crippen LogP contribution in [0, 0.1) is 11.8 Å². The normalized spacial score (nSPS) is 17.6. The Morgan fingerprint density at radius 2 is 1.62 bits per heavy atom. The van der Waals surface area contributed by atoms with Crippen LogP contribution in [-0.4, -0.2) is 56.3 Å². The van der Waals surface area contributed by atoms with Crippen molar-refractivity contribution in [1.82, 2.24) is 20.0 Å². The molecule has 0 aliphatic heterocycles. The maximum atomic E-state index is 13.1. The molecule has 1 aliphatic rings. The van der Waals surface area contributed by atoms with Gasteiger partial charge < -0.3 is 20.7 Å². The first-order chi connectivity index (χ1) is 21.1. The lowest BCUT2D eigenvalue weighted by molar-refractivity contribution is -0.137. The molecule has 15 heteroatoms. The van der Waals surface area contributed by atoms with Crippen molar-refractivity contribution in [1.29, 1.82) is 0 Å². The number of halogens is 4. The second kappa shape index (κ2) is 14.4. The van der Waals surface area contributed by atoms with E-state index in [9.17, 15) is 26.4 Å². The van der Waals surface area contributed by atoms with Crippen LogP contribution >= 0.6 is 11.6 Å². The molecule has 4 N–H and O–H groups in total. The van der Waals surface area contributed by atoms with E-state index in [0.717, 1.165) is 48.7 Å². The van der Waals surface area contributed by atoms with E-state index in [1.54, 1.807) is 20.8 Å². The van der Waals surface area contributed by atoms with Crippen molar-refractivity contribution in [2.45, 2.75) is 63.1 Å². The highest BCUT2D eigenvalue weighted by Crippen LogP contribution is 2.34. The molecule has 1 aromatic heterocycles. The Kier molecular flexibility index (Phi) is 11.0. The van der Waals surface area contributed by atoms with E-state index in [0.29, 0.717) is 43.4 Å². The number of hydrogen-bond acceptors (Lipinski definition) is 8. The molecule has 1 saturated carbocycles. The Morgan fingerprint density at radius 1 is 0.956 bits per heavy atom. The fourth-order valence-corrected chi connectivity index (χ4v) is 6.66. The third kappa shape index (κ3) is 10.1. The summed E-state index contributed by atoms with van der Waals surface area (Å²) in [5, 5.41) is 9.88. The Morgan fingerprint density at radius 3 is 2.29 bits per heavy atom. The van der Waals surface area contributed by atoms with E-state index in [1.807, 2.05) is 24.3 Å². The van der Waals surface area contributed by atoms with Gasteiger partial charge >= 0.3 is 12.3 Å². The van der Waals surface area contributed by atoms with Gasteiger partial charge in [-0.3, -0.25) is 0 Å². The largest absolute Gasteiger partial charge is 0.444 e. The van der Waals surface area contributed by atoms with Crippen molar-refractivity contribution >= 4 is 50.4 Å². The van der Waals surface area contributed by atoms with Gasteiger partial charge in [0.15, 0.2) is 0 Å². The second-order valence-electron chi connectivity index (χ2n) is 12.0. The Labute approximate surface area is 265 Å². The lowest BCUT2D eigenvalue weighted by atomic mass is 9.82. The summed E-state index contributed by atoms with van der Waals surface area (Å²) in [6, 6.07) is 9.86. The van der Waals surface area contributed by atoms with Crippen LogP contribution in [0.4, 0.5) is 29.7 Å². The fourth-order valence-electron chi connectivity index (χ4n) is 5.02. The molecule has 0 radical (unpaired) electrons. The Bertz CT molecular complexity index is 1590. The number of nitrogens with zero attached hydrogens (tertiary/aromatic N) is 2. The summed E-state index contributed by atoms with van der Waals surface area (Å²) in [5.41, 5.74) is -0.898. The fraction of sp³-hybridized carbons (Fsp3) is 0.500. The smallest absolute Gasteiger partial charge is 0.416 e. The number of carbonyl (C=O) groups is 1. The summed E-state index contributed by atoms with van der Waals surface area (Å²) in [6.45, 7) is 6.89. The lowest BCUT2D eigenvalue weighted by Crippen LogP contribution is -2.35. The summed E-state index contributed by atoms with van der Waals surface area (Å²) < 4.78 is 72.5. The van der Waals surface area contributed by atoms with Crippen LogP contribution < -0.4 is 20.7 Å². The molecule has 2 aromatic carbocycles. The van der Waals surface area contributed by atoms with Crippen molar-refractivity contribution in [2.24, 2.45) is 11.8 Å². The Balaban J connectivity index is 1.27. The van der Waals surface area contributed by atoms with Crippen molar-refractivity contribution in [2.75, 3.05) is 36.8 Å². The van der Waals surface area contributed by atoms with Crippen LogP contribution in [0.25, 0.3) is 10.9 Å². The van der Waals surface area contributed by atoms with Gasteiger partial charge in [-0.15, -0.1) is 0 Å². The number of amides is 1. The molecule has 0 atom stereocenters. The quantitative estimate of drug-likeness (QED) is 0.171. The van der Waals surface area contributed by atoms with Gasteiger partial charge in [-0.2, -0.15) is 18.2 Å². The number of anilines is 2. The van der Waals surface area contributed by atoms with Gasteiger partial charge in [0, 0.05) is 31.6 Å². The van der Waals surface area contributed by atoms with Crippen LogP contribution in [0.1, 0.15) is 52.0 Å². The van der Waals surface area contributed by atoms with Crippen LogP contribution in [0.15, 0.2) is 47.4 Å². The molecule has 0 unspecified atom stereocenters. The van der Waals surface area contributed by atoms with Gasteiger partial charge in [-0.1, -0.05) is 23.7 Å². The summed E-state index contributed by atoms with van der Waals surface area (Å²) >= 11 is 5.93. The molecule has 246 valence electrons. The monoisotopic (exact) mass is 670 g/mol. The number of fused-ring (bicyclic) bond motifs is 1. The average molecular weight is 671 g/mol. The highest BCUT2D eigenvalue weighted by molar-refractivity contribution is 7.89. The third-order valence-corrected chi connectivity index (χ3v) is 9.22. The molecule has 10 nitrogen and oxygen atoms in total. The van der Waals surface area contributed by atoms with Gasteiger partial charge in [0.1, 0.15) is 16.3 Å². The van der Waals surface area contributed by atoms with Crippen molar-refractivity contribution in [3.05, 3.63) is 53.1 Å². The number of carbonyl (C=O) groups excluding carboxylic acids is 1. The zero-order valence-corrected chi connectivity index (χ0v) is 26.9. The third-order valence-electron chi connectivity index (χ3n) is 7.31. The maximum absolute atomic E-state index is 13.1. The minimum Gasteiger partial charge on any atom is -0.444 e.